The van der Waals surface area contributed by atoms with Crippen LogP contribution in [0.3, 0.4) is 0 Å². The quantitative estimate of drug-likeness (QED) is 0.634. The average Bonchev–Trinajstić information content (AvgIpc) is 2.79. The first kappa shape index (κ1) is 22.2. The highest BCUT2D eigenvalue weighted by atomic mass is 79.9. The molecule has 0 aliphatic carbocycles. The molecule has 1 atom stereocenters. The molecule has 31 heavy (non-hydrogen) atoms. The SMILES string of the molecule is O=C([C@@H]1CCCN(S(=O)(=O)c2ccc(Br)cc2)C1)N1CCN(c2ccccc2F)CC1. The lowest BCUT2D eigenvalue weighted by Gasteiger charge is -2.39. The third-order valence-corrected chi connectivity index (χ3v) is 8.38. The fourth-order valence-electron chi connectivity index (χ4n) is 4.25. The smallest absolute Gasteiger partial charge is 0.243 e. The Morgan fingerprint density at radius 2 is 1.65 bits per heavy atom. The molecule has 2 aromatic rings. The first-order chi connectivity index (χ1) is 14.9. The van der Waals surface area contributed by atoms with Crippen molar-refractivity contribution < 1.29 is 17.6 Å². The van der Waals surface area contributed by atoms with Crippen molar-refractivity contribution in [1.82, 2.24) is 9.21 Å². The number of piperidine rings is 1. The first-order valence-corrected chi connectivity index (χ1v) is 12.6. The van der Waals surface area contributed by atoms with Crippen molar-refractivity contribution in [3.63, 3.8) is 0 Å². The highest BCUT2D eigenvalue weighted by Gasteiger charge is 2.36. The Morgan fingerprint density at radius 3 is 2.32 bits per heavy atom. The number of hydrogen-bond acceptors (Lipinski definition) is 4. The van der Waals surface area contributed by atoms with Gasteiger partial charge in [0.2, 0.25) is 15.9 Å². The molecule has 0 saturated carbocycles. The van der Waals surface area contributed by atoms with Crippen LogP contribution in [-0.2, 0) is 14.8 Å². The van der Waals surface area contributed by atoms with Crippen LogP contribution in [-0.4, -0.2) is 62.8 Å². The van der Waals surface area contributed by atoms with Gasteiger partial charge in [-0.25, -0.2) is 12.8 Å². The van der Waals surface area contributed by atoms with Crippen LogP contribution >= 0.6 is 15.9 Å². The molecule has 0 unspecified atom stereocenters. The third-order valence-electron chi connectivity index (χ3n) is 5.97. The van der Waals surface area contributed by atoms with Gasteiger partial charge in [-0.3, -0.25) is 4.79 Å². The number of carbonyl (C=O) groups excluding carboxylic acids is 1. The molecule has 2 saturated heterocycles. The molecular formula is C22H25BrFN3O3S. The second-order valence-corrected chi connectivity index (χ2v) is 10.8. The van der Waals surface area contributed by atoms with E-state index in [1.54, 1.807) is 47.4 Å². The molecule has 0 aromatic heterocycles. The second-order valence-electron chi connectivity index (χ2n) is 7.92. The molecule has 0 bridgehead atoms. The fraction of sp³-hybridized carbons (Fsp3) is 0.409. The van der Waals surface area contributed by atoms with Crippen LogP contribution in [0.4, 0.5) is 10.1 Å². The van der Waals surface area contributed by atoms with E-state index in [0.29, 0.717) is 51.3 Å². The molecule has 4 rings (SSSR count). The van der Waals surface area contributed by atoms with E-state index in [-0.39, 0.29) is 29.1 Å². The molecule has 9 heteroatoms. The maximum absolute atomic E-state index is 14.1. The largest absolute Gasteiger partial charge is 0.366 e. The minimum absolute atomic E-state index is 0.0103. The Labute approximate surface area is 190 Å². The summed E-state index contributed by atoms with van der Waals surface area (Å²) >= 11 is 3.32. The van der Waals surface area contributed by atoms with E-state index >= 15 is 0 Å². The van der Waals surface area contributed by atoms with Gasteiger partial charge in [0.25, 0.3) is 0 Å². The number of hydrogen-bond donors (Lipinski definition) is 0. The van der Waals surface area contributed by atoms with Gasteiger partial charge in [0.15, 0.2) is 0 Å². The number of rotatable bonds is 4. The van der Waals surface area contributed by atoms with E-state index in [9.17, 15) is 17.6 Å². The van der Waals surface area contributed by atoms with E-state index in [0.717, 1.165) is 4.47 Å². The molecule has 2 aromatic carbocycles. The molecule has 2 aliphatic rings. The standard InChI is InChI=1S/C22H25BrFN3O3S/c23-18-7-9-19(10-8-18)31(29,30)27-11-3-4-17(16-27)22(28)26-14-12-25(13-15-26)21-6-2-1-5-20(21)24/h1-2,5-10,17H,3-4,11-16H2/t17-/m1/s1. The van der Waals surface area contributed by atoms with Gasteiger partial charge in [-0.05, 0) is 49.2 Å². The predicted octanol–water partition coefficient (Wildman–Crippen LogP) is 3.34. The van der Waals surface area contributed by atoms with Gasteiger partial charge in [0.05, 0.1) is 16.5 Å². The van der Waals surface area contributed by atoms with E-state index in [1.165, 1.54) is 10.4 Å². The Hall–Kier alpha value is -1.97. The fourth-order valence-corrected chi connectivity index (χ4v) is 6.04. The number of sulfonamides is 1. The Morgan fingerprint density at radius 1 is 0.968 bits per heavy atom. The summed E-state index contributed by atoms with van der Waals surface area (Å²) in [5, 5.41) is 0. The molecule has 6 nitrogen and oxygen atoms in total. The van der Waals surface area contributed by atoms with E-state index < -0.39 is 10.0 Å². The number of halogens is 2. The number of amides is 1. The molecule has 2 aliphatic heterocycles. The average molecular weight is 510 g/mol. The monoisotopic (exact) mass is 509 g/mol. The van der Waals surface area contributed by atoms with Crippen molar-refractivity contribution in [3.05, 3.63) is 58.8 Å². The summed E-state index contributed by atoms with van der Waals surface area (Å²) in [7, 11) is -3.63. The van der Waals surface area contributed by atoms with Gasteiger partial charge in [-0.2, -0.15) is 4.31 Å². The molecule has 0 N–H and O–H groups in total. The van der Waals surface area contributed by atoms with Crippen LogP contribution in [0.25, 0.3) is 0 Å². The van der Waals surface area contributed by atoms with E-state index in [2.05, 4.69) is 15.9 Å². The molecule has 0 spiro atoms. The lowest BCUT2D eigenvalue weighted by Crippen LogP contribution is -2.53. The van der Waals surface area contributed by atoms with Crippen LogP contribution < -0.4 is 4.90 Å². The normalized spacial score (nSPS) is 20.6. The summed E-state index contributed by atoms with van der Waals surface area (Å²) in [5.41, 5.74) is 0.555. The molecule has 2 heterocycles. The highest BCUT2D eigenvalue weighted by Crippen LogP contribution is 2.27. The summed E-state index contributed by atoms with van der Waals surface area (Å²) < 4.78 is 42.3. The number of benzene rings is 2. The summed E-state index contributed by atoms with van der Waals surface area (Å²) in [6, 6.07) is 13.2. The zero-order valence-corrected chi connectivity index (χ0v) is 19.5. The molecule has 166 valence electrons. The Bertz CT molecular complexity index is 1040. The molecule has 2 fully saturated rings. The lowest BCUT2D eigenvalue weighted by atomic mass is 9.97. The zero-order valence-electron chi connectivity index (χ0n) is 17.1. The number of piperazine rings is 1. The first-order valence-electron chi connectivity index (χ1n) is 10.4. The van der Waals surface area contributed by atoms with Gasteiger partial charge in [0.1, 0.15) is 5.82 Å². The van der Waals surface area contributed by atoms with Crippen molar-refractivity contribution in [3.8, 4) is 0 Å². The van der Waals surface area contributed by atoms with Crippen molar-refractivity contribution in [1.29, 1.82) is 0 Å². The number of nitrogens with zero attached hydrogens (tertiary/aromatic N) is 3. The highest BCUT2D eigenvalue weighted by molar-refractivity contribution is 9.10. The number of anilines is 1. The summed E-state index contributed by atoms with van der Waals surface area (Å²) in [5.74, 6) is -0.619. The minimum atomic E-state index is -3.63. The predicted molar refractivity (Wildman–Crippen MR) is 121 cm³/mol. The van der Waals surface area contributed by atoms with Crippen molar-refractivity contribution in [2.75, 3.05) is 44.2 Å². The molecule has 1 amide bonds. The number of carbonyl (C=O) groups is 1. The van der Waals surface area contributed by atoms with Crippen LogP contribution in [0.1, 0.15) is 12.8 Å². The van der Waals surface area contributed by atoms with Crippen LogP contribution in [0.2, 0.25) is 0 Å². The molecular weight excluding hydrogens is 485 g/mol. The zero-order chi connectivity index (χ0) is 22.0. The lowest BCUT2D eigenvalue weighted by molar-refractivity contribution is -0.137. The van der Waals surface area contributed by atoms with E-state index in [1.807, 2.05) is 4.90 Å². The van der Waals surface area contributed by atoms with Gasteiger partial charge in [-0.15, -0.1) is 0 Å². The van der Waals surface area contributed by atoms with Crippen molar-refractivity contribution >= 4 is 37.5 Å². The summed E-state index contributed by atoms with van der Waals surface area (Å²) in [4.78, 5) is 17.1. The summed E-state index contributed by atoms with van der Waals surface area (Å²) in [6.07, 6.45) is 1.33. The van der Waals surface area contributed by atoms with Gasteiger partial charge >= 0.3 is 0 Å². The van der Waals surface area contributed by atoms with Gasteiger partial charge in [0, 0.05) is 43.7 Å². The second kappa shape index (κ2) is 9.26. The van der Waals surface area contributed by atoms with Crippen molar-refractivity contribution in [2.45, 2.75) is 17.7 Å². The number of para-hydroxylation sites is 1. The Balaban J connectivity index is 1.39. The van der Waals surface area contributed by atoms with Crippen LogP contribution in [0.5, 0.6) is 0 Å². The summed E-state index contributed by atoms with van der Waals surface area (Å²) in [6.45, 7) is 2.74. The maximum Gasteiger partial charge on any atom is 0.243 e. The maximum atomic E-state index is 14.1. The Kier molecular flexibility index (Phi) is 6.64. The van der Waals surface area contributed by atoms with Crippen LogP contribution in [0.15, 0.2) is 57.9 Å². The van der Waals surface area contributed by atoms with Crippen LogP contribution in [0, 0.1) is 11.7 Å². The third kappa shape index (κ3) is 4.78. The minimum Gasteiger partial charge on any atom is -0.366 e. The van der Waals surface area contributed by atoms with E-state index in [4.69, 9.17) is 0 Å². The topological polar surface area (TPSA) is 60.9 Å². The van der Waals surface area contributed by atoms with Gasteiger partial charge in [-0.1, -0.05) is 28.1 Å². The van der Waals surface area contributed by atoms with Crippen molar-refractivity contribution in [2.24, 2.45) is 5.92 Å². The van der Waals surface area contributed by atoms with Gasteiger partial charge < -0.3 is 9.80 Å². The molecule has 0 radical (unpaired) electrons.